The quantitative estimate of drug-likeness (QED) is 0.472. The number of para-hydroxylation sites is 2. The molecule has 0 amide bonds. The zero-order valence-corrected chi connectivity index (χ0v) is 15.0. The van der Waals surface area contributed by atoms with Crippen molar-refractivity contribution < 1.29 is 21.1 Å². The van der Waals surface area contributed by atoms with Gasteiger partial charge < -0.3 is 4.90 Å². The van der Waals surface area contributed by atoms with Crippen molar-refractivity contribution in [2.45, 2.75) is 13.8 Å². The minimum atomic E-state index is 0. The SMILES string of the molecule is Cc1ccc(N(c2ccccc2)c2ccccc2)c(C)c1.[Pt]. The molecule has 3 aromatic carbocycles. The summed E-state index contributed by atoms with van der Waals surface area (Å²) in [7, 11) is 0. The summed E-state index contributed by atoms with van der Waals surface area (Å²) in [5.41, 5.74) is 6.14. The van der Waals surface area contributed by atoms with E-state index in [1.54, 1.807) is 0 Å². The number of rotatable bonds is 3. The van der Waals surface area contributed by atoms with E-state index in [1.165, 1.54) is 28.2 Å². The Labute approximate surface area is 146 Å². The van der Waals surface area contributed by atoms with Gasteiger partial charge in [0.1, 0.15) is 0 Å². The van der Waals surface area contributed by atoms with Gasteiger partial charge in [-0.3, -0.25) is 0 Å². The van der Waals surface area contributed by atoms with Crippen LogP contribution in [0.4, 0.5) is 17.1 Å². The van der Waals surface area contributed by atoms with Crippen LogP contribution in [0.15, 0.2) is 78.9 Å². The Morgan fingerprint density at radius 2 is 1.14 bits per heavy atom. The van der Waals surface area contributed by atoms with Crippen molar-refractivity contribution in [1.82, 2.24) is 0 Å². The largest absolute Gasteiger partial charge is 0.310 e. The van der Waals surface area contributed by atoms with Crippen molar-refractivity contribution in [3.8, 4) is 0 Å². The molecule has 0 aromatic heterocycles. The maximum absolute atomic E-state index is 2.30. The first kappa shape index (κ1) is 16.5. The molecule has 0 aliphatic carbocycles. The molecule has 0 atom stereocenters. The Hall–Kier alpha value is -1.85. The van der Waals surface area contributed by atoms with Crippen LogP contribution in [0.25, 0.3) is 0 Å². The van der Waals surface area contributed by atoms with Crippen LogP contribution in [0, 0.1) is 13.8 Å². The summed E-state index contributed by atoms with van der Waals surface area (Å²) in [4.78, 5) is 2.30. The Kier molecular flexibility index (Phi) is 5.57. The van der Waals surface area contributed by atoms with Gasteiger partial charge in [-0.2, -0.15) is 0 Å². The molecule has 0 unspecified atom stereocenters. The van der Waals surface area contributed by atoms with Crippen LogP contribution < -0.4 is 4.90 Å². The average Bonchev–Trinajstić information content (AvgIpc) is 2.52. The molecule has 0 bridgehead atoms. The molecule has 0 aliphatic heterocycles. The Morgan fingerprint density at radius 1 is 0.636 bits per heavy atom. The molecule has 0 aliphatic rings. The summed E-state index contributed by atoms with van der Waals surface area (Å²) in [6.07, 6.45) is 0. The van der Waals surface area contributed by atoms with Gasteiger partial charge in [-0.1, -0.05) is 54.1 Å². The summed E-state index contributed by atoms with van der Waals surface area (Å²) >= 11 is 0. The molecule has 2 heteroatoms. The molecule has 0 heterocycles. The van der Waals surface area contributed by atoms with Crippen LogP contribution in [0.5, 0.6) is 0 Å². The van der Waals surface area contributed by atoms with Crippen LogP contribution in [0.1, 0.15) is 11.1 Å². The van der Waals surface area contributed by atoms with Gasteiger partial charge in [0.2, 0.25) is 0 Å². The maximum atomic E-state index is 2.30. The van der Waals surface area contributed by atoms with Crippen molar-refractivity contribution in [2.24, 2.45) is 0 Å². The van der Waals surface area contributed by atoms with Crippen molar-refractivity contribution in [3.05, 3.63) is 90.0 Å². The van der Waals surface area contributed by atoms with Crippen molar-refractivity contribution >= 4 is 17.1 Å². The number of hydrogen-bond acceptors (Lipinski definition) is 1. The monoisotopic (exact) mass is 468 g/mol. The number of aryl methyl sites for hydroxylation is 2. The molecule has 3 aromatic rings. The molecular formula is C20H19NPt. The van der Waals surface area contributed by atoms with Crippen LogP contribution in [0.2, 0.25) is 0 Å². The zero-order valence-electron chi connectivity index (χ0n) is 12.8. The van der Waals surface area contributed by atoms with E-state index in [2.05, 4.69) is 97.6 Å². The first-order valence-electron chi connectivity index (χ1n) is 7.23. The fourth-order valence-corrected chi connectivity index (χ4v) is 2.64. The number of anilines is 3. The third-order valence-electron chi connectivity index (χ3n) is 3.62. The van der Waals surface area contributed by atoms with Gasteiger partial charge in [-0.15, -0.1) is 0 Å². The normalized spacial score (nSPS) is 9.91. The fourth-order valence-electron chi connectivity index (χ4n) is 2.64. The molecule has 3 rings (SSSR count). The van der Waals surface area contributed by atoms with Gasteiger partial charge in [-0.25, -0.2) is 0 Å². The molecule has 0 radical (unpaired) electrons. The molecule has 0 spiro atoms. The number of benzene rings is 3. The summed E-state index contributed by atoms with van der Waals surface area (Å²) in [5, 5.41) is 0. The molecular weight excluding hydrogens is 449 g/mol. The summed E-state index contributed by atoms with van der Waals surface area (Å²) < 4.78 is 0. The first-order valence-corrected chi connectivity index (χ1v) is 7.23. The smallest absolute Gasteiger partial charge is 0.0490 e. The third-order valence-corrected chi connectivity index (χ3v) is 3.62. The maximum Gasteiger partial charge on any atom is 0.0490 e. The Balaban J connectivity index is 0.00000176. The van der Waals surface area contributed by atoms with E-state index in [9.17, 15) is 0 Å². The fraction of sp³-hybridized carbons (Fsp3) is 0.100. The molecule has 0 fully saturated rings. The second-order valence-electron chi connectivity index (χ2n) is 5.30. The van der Waals surface area contributed by atoms with Gasteiger partial charge in [0.15, 0.2) is 0 Å². The summed E-state index contributed by atoms with van der Waals surface area (Å²) in [5.74, 6) is 0. The van der Waals surface area contributed by atoms with E-state index in [4.69, 9.17) is 0 Å². The van der Waals surface area contributed by atoms with Crippen LogP contribution in [0.3, 0.4) is 0 Å². The molecule has 0 saturated carbocycles. The molecule has 22 heavy (non-hydrogen) atoms. The van der Waals surface area contributed by atoms with E-state index in [1.807, 2.05) is 0 Å². The van der Waals surface area contributed by atoms with Gasteiger partial charge in [0.05, 0.1) is 0 Å². The summed E-state index contributed by atoms with van der Waals surface area (Å²) in [6, 6.07) is 27.6. The van der Waals surface area contributed by atoms with E-state index in [0.717, 1.165) is 0 Å². The topological polar surface area (TPSA) is 3.24 Å². The van der Waals surface area contributed by atoms with E-state index >= 15 is 0 Å². The minimum Gasteiger partial charge on any atom is -0.310 e. The zero-order chi connectivity index (χ0) is 14.7. The van der Waals surface area contributed by atoms with Gasteiger partial charge >= 0.3 is 0 Å². The molecule has 114 valence electrons. The van der Waals surface area contributed by atoms with Gasteiger partial charge in [0, 0.05) is 38.1 Å². The van der Waals surface area contributed by atoms with E-state index in [0.29, 0.717) is 0 Å². The van der Waals surface area contributed by atoms with E-state index in [-0.39, 0.29) is 21.1 Å². The predicted octanol–water partition coefficient (Wildman–Crippen LogP) is 5.77. The van der Waals surface area contributed by atoms with Crippen LogP contribution >= 0.6 is 0 Å². The molecule has 1 nitrogen and oxygen atoms in total. The van der Waals surface area contributed by atoms with E-state index < -0.39 is 0 Å². The minimum absolute atomic E-state index is 0. The molecule has 0 saturated heterocycles. The van der Waals surface area contributed by atoms with Crippen LogP contribution in [-0.4, -0.2) is 0 Å². The number of hydrogen-bond donors (Lipinski definition) is 0. The molecule has 0 N–H and O–H groups in total. The summed E-state index contributed by atoms with van der Waals surface area (Å²) in [6.45, 7) is 4.30. The Morgan fingerprint density at radius 3 is 1.59 bits per heavy atom. The average molecular weight is 468 g/mol. The van der Waals surface area contributed by atoms with Crippen molar-refractivity contribution in [2.75, 3.05) is 4.90 Å². The number of nitrogens with zero attached hydrogens (tertiary/aromatic N) is 1. The Bertz CT molecular complexity index is 684. The second kappa shape index (κ2) is 7.42. The third kappa shape index (κ3) is 3.48. The van der Waals surface area contributed by atoms with Crippen molar-refractivity contribution in [1.29, 1.82) is 0 Å². The second-order valence-corrected chi connectivity index (χ2v) is 5.30. The first-order chi connectivity index (χ1) is 10.3. The van der Waals surface area contributed by atoms with Crippen molar-refractivity contribution in [3.63, 3.8) is 0 Å². The van der Waals surface area contributed by atoms with Gasteiger partial charge in [0.25, 0.3) is 0 Å². The van der Waals surface area contributed by atoms with Gasteiger partial charge in [-0.05, 0) is 49.7 Å². The standard InChI is InChI=1S/C20H19N.Pt/c1-16-13-14-20(17(2)15-16)21(18-9-5-3-6-10-18)19-11-7-4-8-12-19;/h3-15H,1-2H3;. The van der Waals surface area contributed by atoms with Crippen LogP contribution in [-0.2, 0) is 21.1 Å². The predicted molar refractivity (Wildman–Crippen MR) is 90.6 cm³/mol.